The molecule has 0 spiro atoms. The highest BCUT2D eigenvalue weighted by molar-refractivity contribution is 6.00. The number of piperidine rings is 1. The third kappa shape index (κ3) is 7.30. The van der Waals surface area contributed by atoms with Crippen LogP contribution in [0.25, 0.3) is 11.1 Å². The van der Waals surface area contributed by atoms with Gasteiger partial charge in [0.2, 0.25) is 5.91 Å². The Kier molecular flexibility index (Phi) is 9.22. The lowest BCUT2D eigenvalue weighted by molar-refractivity contribution is -0.136. The number of aromatic nitrogens is 1. The predicted molar refractivity (Wildman–Crippen MR) is 169 cm³/mol. The van der Waals surface area contributed by atoms with Gasteiger partial charge in [0.25, 0.3) is 11.5 Å². The highest BCUT2D eigenvalue weighted by Gasteiger charge is 2.35. The third-order valence-corrected chi connectivity index (χ3v) is 8.41. The largest absolute Gasteiger partial charge is 0.388 e. The maximum absolute atomic E-state index is 13.8. The maximum Gasteiger partial charge on any atom is 0.256 e. The standard InChI is InChI=1S/C36H39N3O4/c1-27(29-14-8-4-9-15-29)22-33(40)38-20-18-36(43,19-21-38)26-39-25-32(31(23-34(39)41)30-16-10-5-11-17-30)35(42)37(2)24-28-12-6-3-7-13-28/h3-17,23,25,27,43H,18-22,24,26H2,1-2H3. The Balaban J connectivity index is 1.32. The van der Waals surface area contributed by atoms with Crippen LogP contribution in [0.4, 0.5) is 0 Å². The molecule has 1 aromatic heterocycles. The Morgan fingerprint density at radius 3 is 2.12 bits per heavy atom. The van der Waals surface area contributed by atoms with E-state index in [4.69, 9.17) is 0 Å². The number of aliphatic hydroxyl groups is 1. The van der Waals surface area contributed by atoms with Crippen LogP contribution in [0.2, 0.25) is 0 Å². The van der Waals surface area contributed by atoms with Crippen LogP contribution in [0.15, 0.2) is 108 Å². The molecule has 4 aromatic rings. The zero-order valence-corrected chi connectivity index (χ0v) is 24.9. The first kappa shape index (κ1) is 30.0. The number of pyridine rings is 1. The molecule has 0 aliphatic carbocycles. The molecule has 0 bridgehead atoms. The Morgan fingerprint density at radius 2 is 1.49 bits per heavy atom. The number of carbonyl (C=O) groups excluding carboxylic acids is 2. The fourth-order valence-electron chi connectivity index (χ4n) is 5.80. The molecule has 2 heterocycles. The van der Waals surface area contributed by atoms with Gasteiger partial charge in [-0.25, -0.2) is 0 Å². The van der Waals surface area contributed by atoms with E-state index in [0.29, 0.717) is 50.0 Å². The third-order valence-electron chi connectivity index (χ3n) is 8.41. The van der Waals surface area contributed by atoms with Gasteiger partial charge in [-0.2, -0.15) is 0 Å². The van der Waals surface area contributed by atoms with Crippen molar-refractivity contribution in [1.82, 2.24) is 14.4 Å². The first-order valence-electron chi connectivity index (χ1n) is 14.9. The molecule has 1 aliphatic rings. The van der Waals surface area contributed by atoms with Gasteiger partial charge in [-0.3, -0.25) is 14.4 Å². The molecular weight excluding hydrogens is 538 g/mol. The van der Waals surface area contributed by atoms with E-state index in [-0.39, 0.29) is 29.8 Å². The zero-order valence-electron chi connectivity index (χ0n) is 24.9. The molecule has 43 heavy (non-hydrogen) atoms. The Morgan fingerprint density at radius 1 is 0.907 bits per heavy atom. The fourth-order valence-corrected chi connectivity index (χ4v) is 5.80. The molecule has 7 nitrogen and oxygen atoms in total. The van der Waals surface area contributed by atoms with E-state index in [9.17, 15) is 19.5 Å². The number of nitrogens with zero attached hydrogens (tertiary/aromatic N) is 3. The van der Waals surface area contributed by atoms with E-state index >= 15 is 0 Å². The van der Waals surface area contributed by atoms with E-state index in [2.05, 4.69) is 6.92 Å². The Bertz CT molecular complexity index is 1590. The van der Waals surface area contributed by atoms with Crippen molar-refractivity contribution in [2.75, 3.05) is 20.1 Å². The van der Waals surface area contributed by atoms with Crippen LogP contribution >= 0.6 is 0 Å². The summed E-state index contributed by atoms with van der Waals surface area (Å²) in [6.07, 6.45) is 2.70. The minimum absolute atomic E-state index is 0.0476. The molecule has 2 amide bonds. The van der Waals surface area contributed by atoms with Crippen LogP contribution in [0.5, 0.6) is 0 Å². The van der Waals surface area contributed by atoms with Crippen molar-refractivity contribution in [1.29, 1.82) is 0 Å². The Labute approximate surface area is 253 Å². The van der Waals surface area contributed by atoms with E-state index in [1.807, 2.05) is 95.9 Å². The molecule has 3 aromatic carbocycles. The van der Waals surface area contributed by atoms with Crippen LogP contribution in [0.3, 0.4) is 0 Å². The van der Waals surface area contributed by atoms with Crippen molar-refractivity contribution in [2.24, 2.45) is 0 Å². The molecule has 1 atom stereocenters. The second kappa shape index (κ2) is 13.2. The average molecular weight is 578 g/mol. The Hall–Kier alpha value is -4.49. The smallest absolute Gasteiger partial charge is 0.256 e. The second-order valence-electron chi connectivity index (χ2n) is 11.7. The van der Waals surface area contributed by atoms with Gasteiger partial charge in [-0.05, 0) is 35.4 Å². The van der Waals surface area contributed by atoms with E-state index in [0.717, 1.165) is 16.7 Å². The summed E-state index contributed by atoms with van der Waals surface area (Å²) in [5.74, 6) is -0.0410. The number of rotatable bonds is 9. The van der Waals surface area contributed by atoms with Gasteiger partial charge >= 0.3 is 0 Å². The number of amides is 2. The summed E-state index contributed by atoms with van der Waals surface area (Å²) in [6, 6.07) is 30.6. The SMILES string of the molecule is CC(CC(=O)N1CCC(O)(Cn2cc(C(=O)N(C)Cc3ccccc3)c(-c3ccccc3)cc2=O)CC1)c1ccccc1. The van der Waals surface area contributed by atoms with Crippen molar-refractivity contribution in [2.45, 2.75) is 50.8 Å². The topological polar surface area (TPSA) is 82.8 Å². The number of hydrogen-bond acceptors (Lipinski definition) is 4. The molecule has 0 radical (unpaired) electrons. The minimum atomic E-state index is -1.17. The lowest BCUT2D eigenvalue weighted by atomic mass is 9.90. The first-order chi connectivity index (χ1) is 20.7. The van der Waals surface area contributed by atoms with Crippen LogP contribution in [0.1, 0.15) is 53.6 Å². The van der Waals surface area contributed by atoms with Gasteiger partial charge in [0.1, 0.15) is 0 Å². The van der Waals surface area contributed by atoms with E-state index in [1.165, 1.54) is 10.6 Å². The van der Waals surface area contributed by atoms with Gasteiger partial charge in [-0.1, -0.05) is 97.9 Å². The normalized spacial score (nSPS) is 15.1. The molecule has 1 aliphatic heterocycles. The average Bonchev–Trinajstić information content (AvgIpc) is 3.03. The molecular formula is C36H39N3O4. The van der Waals surface area contributed by atoms with Gasteiger partial charge in [0, 0.05) is 50.9 Å². The lowest BCUT2D eigenvalue weighted by Gasteiger charge is -2.39. The van der Waals surface area contributed by atoms with Gasteiger partial charge in [-0.15, -0.1) is 0 Å². The van der Waals surface area contributed by atoms with Crippen LogP contribution in [-0.2, 0) is 17.9 Å². The fraction of sp³-hybridized carbons (Fsp3) is 0.306. The molecule has 1 saturated heterocycles. The maximum atomic E-state index is 13.8. The van der Waals surface area contributed by atoms with Crippen LogP contribution in [0, 0.1) is 0 Å². The van der Waals surface area contributed by atoms with Gasteiger partial charge in [0.15, 0.2) is 0 Å². The molecule has 5 rings (SSSR count). The minimum Gasteiger partial charge on any atom is -0.388 e. The number of carbonyl (C=O) groups is 2. The lowest BCUT2D eigenvalue weighted by Crippen LogP contribution is -2.49. The van der Waals surface area contributed by atoms with Crippen molar-refractivity contribution in [3.63, 3.8) is 0 Å². The zero-order chi connectivity index (χ0) is 30.4. The number of benzene rings is 3. The summed E-state index contributed by atoms with van der Waals surface area (Å²) in [7, 11) is 1.75. The highest BCUT2D eigenvalue weighted by atomic mass is 16.3. The molecule has 0 saturated carbocycles. The molecule has 1 N–H and O–H groups in total. The first-order valence-corrected chi connectivity index (χ1v) is 14.9. The summed E-state index contributed by atoms with van der Waals surface area (Å²) >= 11 is 0. The van der Waals surface area contributed by atoms with Crippen molar-refractivity contribution in [3.8, 4) is 11.1 Å². The number of hydrogen-bond donors (Lipinski definition) is 1. The summed E-state index contributed by atoms with van der Waals surface area (Å²) in [4.78, 5) is 43.6. The molecule has 1 unspecified atom stereocenters. The molecule has 222 valence electrons. The highest BCUT2D eigenvalue weighted by Crippen LogP contribution is 2.28. The second-order valence-corrected chi connectivity index (χ2v) is 11.7. The van der Waals surface area contributed by atoms with Crippen molar-refractivity contribution < 1.29 is 14.7 Å². The summed E-state index contributed by atoms with van der Waals surface area (Å²) in [5.41, 5.74) is 2.41. The van der Waals surface area contributed by atoms with Gasteiger partial charge in [0.05, 0.1) is 17.7 Å². The van der Waals surface area contributed by atoms with E-state index < -0.39 is 5.60 Å². The molecule has 7 heteroatoms. The van der Waals surface area contributed by atoms with Gasteiger partial charge < -0.3 is 19.5 Å². The van der Waals surface area contributed by atoms with Crippen molar-refractivity contribution >= 4 is 11.8 Å². The molecule has 1 fully saturated rings. The summed E-state index contributed by atoms with van der Waals surface area (Å²) < 4.78 is 1.45. The quantitative estimate of drug-likeness (QED) is 0.291. The van der Waals surface area contributed by atoms with Crippen molar-refractivity contribution in [3.05, 3.63) is 130 Å². The van der Waals surface area contributed by atoms with Crippen LogP contribution < -0.4 is 5.56 Å². The summed E-state index contributed by atoms with van der Waals surface area (Å²) in [5, 5.41) is 11.5. The monoisotopic (exact) mass is 577 g/mol. The number of likely N-dealkylation sites (tertiary alicyclic amines) is 1. The van der Waals surface area contributed by atoms with E-state index in [1.54, 1.807) is 18.1 Å². The summed E-state index contributed by atoms with van der Waals surface area (Å²) in [6.45, 7) is 3.35. The predicted octanol–water partition coefficient (Wildman–Crippen LogP) is 5.33. The van der Waals surface area contributed by atoms with Crippen LogP contribution in [-0.4, -0.2) is 57.0 Å².